The maximum Gasteiger partial charge on any atom is 0.253 e. The number of hydrogen-bond acceptors (Lipinski definition) is 6. The van der Waals surface area contributed by atoms with E-state index in [-0.39, 0.29) is 61.4 Å². The lowest BCUT2D eigenvalue weighted by Crippen LogP contribution is -2.65. The van der Waals surface area contributed by atoms with Crippen molar-refractivity contribution >= 4 is 35.4 Å². The first kappa shape index (κ1) is 27.8. The van der Waals surface area contributed by atoms with Gasteiger partial charge in [0.25, 0.3) is 11.8 Å². The number of hydrogen-bond donors (Lipinski definition) is 2. The monoisotopic (exact) mass is 504 g/mol. The standard InChI is InChI=1S/C26H40N4O6/c31-21-13-9-5-3-1-2-4-6-10-14-22(32)28-20-18-30(26(20)36)24(34)16-12-8-7-11-15-23(33)29-17-19(27-21)25(29)35/h19-20H,1-18H2,(H,27,31)(H,28,32)/t19-,20-/m0/s1. The lowest BCUT2D eigenvalue weighted by atomic mass is 10.0. The van der Waals surface area contributed by atoms with Crippen LogP contribution < -0.4 is 10.6 Å². The smallest absolute Gasteiger partial charge is 0.253 e. The highest BCUT2D eigenvalue weighted by molar-refractivity contribution is 6.05. The molecule has 0 radical (unpaired) electrons. The molecule has 5 aliphatic heterocycles. The van der Waals surface area contributed by atoms with Crippen LogP contribution in [0.15, 0.2) is 0 Å². The van der Waals surface area contributed by atoms with Crippen molar-refractivity contribution in [2.24, 2.45) is 0 Å². The molecule has 0 saturated carbocycles. The van der Waals surface area contributed by atoms with E-state index in [0.29, 0.717) is 25.7 Å². The Balaban J connectivity index is 1.41. The number of amides is 6. The van der Waals surface area contributed by atoms with Crippen molar-refractivity contribution in [3.63, 3.8) is 0 Å². The highest BCUT2D eigenvalue weighted by Crippen LogP contribution is 2.18. The van der Waals surface area contributed by atoms with Gasteiger partial charge >= 0.3 is 0 Å². The minimum Gasteiger partial charge on any atom is -0.343 e. The van der Waals surface area contributed by atoms with E-state index >= 15 is 0 Å². The van der Waals surface area contributed by atoms with Gasteiger partial charge in [0.05, 0.1) is 13.1 Å². The van der Waals surface area contributed by atoms with Gasteiger partial charge in [-0.1, -0.05) is 51.4 Å². The summed E-state index contributed by atoms with van der Waals surface area (Å²) < 4.78 is 0. The van der Waals surface area contributed by atoms with Crippen molar-refractivity contribution in [2.45, 2.75) is 115 Å². The molecule has 0 aromatic carbocycles. The molecule has 2 N–H and O–H groups in total. The number of imide groups is 2. The summed E-state index contributed by atoms with van der Waals surface area (Å²) in [5.41, 5.74) is 0. The minimum absolute atomic E-state index is 0.142. The molecule has 2 atom stereocenters. The van der Waals surface area contributed by atoms with Crippen LogP contribution in [-0.4, -0.2) is 70.4 Å². The lowest BCUT2D eigenvalue weighted by Gasteiger charge is -2.37. The van der Waals surface area contributed by atoms with Crippen molar-refractivity contribution in [3.05, 3.63) is 0 Å². The van der Waals surface area contributed by atoms with Gasteiger partial charge in [-0.05, 0) is 25.7 Å². The minimum atomic E-state index is -0.592. The summed E-state index contributed by atoms with van der Waals surface area (Å²) in [6, 6.07) is -1.18. The van der Waals surface area contributed by atoms with E-state index in [9.17, 15) is 28.8 Å². The molecule has 5 fully saturated rings. The number of carbonyl (C=O) groups excluding carboxylic acids is 6. The molecule has 10 heteroatoms. The average Bonchev–Trinajstić information content (AvgIpc) is 2.85. The molecule has 0 aromatic heterocycles. The third-order valence-corrected chi connectivity index (χ3v) is 7.22. The molecule has 36 heavy (non-hydrogen) atoms. The molecule has 0 spiro atoms. The highest BCUT2D eigenvalue weighted by atomic mass is 16.2. The number of rotatable bonds is 0. The Bertz CT molecular complexity index is 776. The van der Waals surface area contributed by atoms with Crippen molar-refractivity contribution in [1.82, 2.24) is 20.4 Å². The molecule has 200 valence electrons. The van der Waals surface area contributed by atoms with E-state index in [1.54, 1.807) is 0 Å². The summed E-state index contributed by atoms with van der Waals surface area (Å²) in [6.07, 6.45) is 11.7. The summed E-state index contributed by atoms with van der Waals surface area (Å²) in [4.78, 5) is 75.6. The first-order valence-electron chi connectivity index (χ1n) is 13.6. The molecule has 0 aromatic rings. The normalized spacial score (nSPS) is 27.2. The van der Waals surface area contributed by atoms with E-state index in [1.165, 1.54) is 9.80 Å². The van der Waals surface area contributed by atoms with Crippen LogP contribution in [0.1, 0.15) is 103 Å². The molecular formula is C26H40N4O6. The Kier molecular flexibility index (Phi) is 10.9. The van der Waals surface area contributed by atoms with Gasteiger partial charge in [0.2, 0.25) is 23.6 Å². The SMILES string of the molecule is O=C1CCCCCCCCCCC(=O)N[C@H]2CN(C(=O)CCCCCCC(=O)N3C[C@H](N1)C3=O)C2=O. The molecule has 5 heterocycles. The maximum absolute atomic E-state index is 12.3. The molecule has 10 nitrogen and oxygen atoms in total. The lowest BCUT2D eigenvalue weighted by molar-refractivity contribution is -0.158. The van der Waals surface area contributed by atoms with Crippen LogP contribution in [-0.2, 0) is 28.8 Å². The molecule has 6 amide bonds. The van der Waals surface area contributed by atoms with Crippen LogP contribution in [0.5, 0.6) is 0 Å². The Labute approximate surface area is 212 Å². The Morgan fingerprint density at radius 2 is 0.750 bits per heavy atom. The van der Waals surface area contributed by atoms with Crippen LogP contribution >= 0.6 is 0 Å². The Hall–Kier alpha value is -2.78. The van der Waals surface area contributed by atoms with Gasteiger partial charge in [0.15, 0.2) is 0 Å². The average molecular weight is 505 g/mol. The second-order valence-corrected chi connectivity index (χ2v) is 10.2. The molecule has 5 aliphatic rings. The zero-order valence-electron chi connectivity index (χ0n) is 21.2. The van der Waals surface area contributed by atoms with Gasteiger partial charge in [-0.25, -0.2) is 0 Å². The predicted octanol–water partition coefficient (Wildman–Crippen LogP) is 1.95. The van der Waals surface area contributed by atoms with E-state index < -0.39 is 12.1 Å². The van der Waals surface area contributed by atoms with Gasteiger partial charge in [0, 0.05) is 25.7 Å². The Morgan fingerprint density at radius 1 is 0.444 bits per heavy atom. The summed E-state index contributed by atoms with van der Waals surface area (Å²) in [6.45, 7) is 0.479. The third-order valence-electron chi connectivity index (χ3n) is 7.22. The number of nitrogens with one attached hydrogen (secondary N) is 2. The van der Waals surface area contributed by atoms with Crippen molar-refractivity contribution in [2.75, 3.05) is 13.1 Å². The van der Waals surface area contributed by atoms with Gasteiger partial charge in [-0.2, -0.15) is 0 Å². The van der Waals surface area contributed by atoms with Crippen LogP contribution in [0.3, 0.4) is 0 Å². The zero-order chi connectivity index (χ0) is 25.9. The maximum atomic E-state index is 12.3. The molecular weight excluding hydrogens is 464 g/mol. The van der Waals surface area contributed by atoms with Gasteiger partial charge in [0.1, 0.15) is 12.1 Å². The molecule has 5 saturated heterocycles. The van der Waals surface area contributed by atoms with Crippen LogP contribution in [0.2, 0.25) is 0 Å². The molecule has 4 bridgehead atoms. The molecule has 5 rings (SSSR count). The summed E-state index contributed by atoms with van der Waals surface area (Å²) in [5, 5.41) is 5.46. The molecule has 0 aliphatic carbocycles. The second-order valence-electron chi connectivity index (χ2n) is 10.2. The molecule has 0 unspecified atom stereocenters. The fraction of sp³-hybridized carbons (Fsp3) is 0.769. The highest BCUT2D eigenvalue weighted by Gasteiger charge is 2.42. The van der Waals surface area contributed by atoms with Crippen molar-refractivity contribution in [3.8, 4) is 0 Å². The Morgan fingerprint density at radius 3 is 1.08 bits per heavy atom. The van der Waals surface area contributed by atoms with Gasteiger partial charge in [-0.3, -0.25) is 38.6 Å². The summed E-state index contributed by atoms with van der Waals surface area (Å²) in [7, 11) is 0. The number of nitrogens with zero attached hydrogens (tertiary/aromatic N) is 2. The largest absolute Gasteiger partial charge is 0.343 e. The van der Waals surface area contributed by atoms with Crippen molar-refractivity contribution < 1.29 is 28.8 Å². The van der Waals surface area contributed by atoms with E-state index in [4.69, 9.17) is 0 Å². The van der Waals surface area contributed by atoms with Crippen molar-refractivity contribution in [1.29, 1.82) is 0 Å². The van der Waals surface area contributed by atoms with Crippen LogP contribution in [0.25, 0.3) is 0 Å². The third kappa shape index (κ3) is 8.13. The topological polar surface area (TPSA) is 133 Å². The van der Waals surface area contributed by atoms with Gasteiger partial charge in [-0.15, -0.1) is 0 Å². The zero-order valence-corrected chi connectivity index (χ0v) is 21.2. The first-order chi connectivity index (χ1) is 17.4. The quantitative estimate of drug-likeness (QED) is 0.383. The number of carbonyl (C=O) groups is 6. The predicted molar refractivity (Wildman–Crippen MR) is 131 cm³/mol. The number of β-lactam (4-membered cyclic amide) rings is 2. The fourth-order valence-electron chi connectivity index (χ4n) is 4.86. The fourth-order valence-corrected chi connectivity index (χ4v) is 4.86. The van der Waals surface area contributed by atoms with E-state index in [0.717, 1.165) is 64.2 Å². The first-order valence-corrected chi connectivity index (χ1v) is 13.6. The second kappa shape index (κ2) is 14.1. The van der Waals surface area contributed by atoms with E-state index in [2.05, 4.69) is 10.6 Å². The summed E-state index contributed by atoms with van der Waals surface area (Å²) in [5.74, 6) is -1.40. The van der Waals surface area contributed by atoms with Crippen LogP contribution in [0.4, 0.5) is 0 Å². The van der Waals surface area contributed by atoms with Gasteiger partial charge < -0.3 is 10.6 Å². The summed E-state index contributed by atoms with van der Waals surface area (Å²) >= 11 is 0. The van der Waals surface area contributed by atoms with E-state index in [1.807, 2.05) is 0 Å². The van der Waals surface area contributed by atoms with Crippen LogP contribution in [0, 0.1) is 0 Å².